The number of amides is 1. The Morgan fingerprint density at radius 2 is 2.35 bits per heavy atom. The first-order valence-electron chi connectivity index (χ1n) is 6.53. The van der Waals surface area contributed by atoms with E-state index in [0.717, 1.165) is 39.3 Å². The molecular weight excluding hydrogens is 218 g/mol. The predicted molar refractivity (Wildman–Crippen MR) is 65.9 cm³/mol. The Balaban J connectivity index is 1.85. The van der Waals surface area contributed by atoms with E-state index < -0.39 is 0 Å². The summed E-state index contributed by atoms with van der Waals surface area (Å²) in [7, 11) is 0. The highest BCUT2D eigenvalue weighted by Crippen LogP contribution is 2.14. The summed E-state index contributed by atoms with van der Waals surface area (Å²) in [6.07, 6.45) is 1.04. The Bertz CT molecular complexity index is 266. The van der Waals surface area contributed by atoms with Crippen LogP contribution in [-0.4, -0.2) is 61.8 Å². The number of ether oxygens (including phenoxy) is 1. The first kappa shape index (κ1) is 12.8. The number of nitrogens with one attached hydrogen (secondary N) is 2. The highest BCUT2D eigenvalue weighted by molar-refractivity contribution is 5.82. The van der Waals surface area contributed by atoms with Gasteiger partial charge in [-0.15, -0.1) is 0 Å². The van der Waals surface area contributed by atoms with Gasteiger partial charge in [-0.2, -0.15) is 0 Å². The summed E-state index contributed by atoms with van der Waals surface area (Å²) in [6.45, 7) is 8.44. The number of rotatable bonds is 3. The summed E-state index contributed by atoms with van der Waals surface area (Å²) >= 11 is 0. The monoisotopic (exact) mass is 241 g/mol. The van der Waals surface area contributed by atoms with Crippen LogP contribution in [0.1, 0.15) is 20.3 Å². The van der Waals surface area contributed by atoms with E-state index in [1.54, 1.807) is 0 Å². The number of nitrogens with zero attached hydrogens (tertiary/aromatic N) is 1. The Hall–Kier alpha value is -0.650. The molecular formula is C12H23N3O2. The molecule has 2 fully saturated rings. The van der Waals surface area contributed by atoms with Crippen LogP contribution in [0.15, 0.2) is 0 Å². The van der Waals surface area contributed by atoms with E-state index in [1.807, 2.05) is 6.92 Å². The lowest BCUT2D eigenvalue weighted by Crippen LogP contribution is -2.58. The molecule has 2 aliphatic heterocycles. The van der Waals surface area contributed by atoms with Gasteiger partial charge in [-0.25, -0.2) is 0 Å². The first-order valence-corrected chi connectivity index (χ1v) is 6.53. The van der Waals surface area contributed by atoms with Crippen LogP contribution < -0.4 is 10.6 Å². The second kappa shape index (κ2) is 5.80. The molecule has 3 atom stereocenters. The Labute approximate surface area is 103 Å². The van der Waals surface area contributed by atoms with E-state index in [-0.39, 0.29) is 11.9 Å². The van der Waals surface area contributed by atoms with Crippen LogP contribution in [-0.2, 0) is 9.53 Å². The van der Waals surface area contributed by atoms with Gasteiger partial charge in [0.1, 0.15) is 0 Å². The lowest BCUT2D eigenvalue weighted by Gasteiger charge is -2.39. The standard InChI is InChI=1S/C12H23N3O2/c1-9(7-11-8-17-6-4-13-11)15-5-3-14-12(16)10(15)2/h9-11,13H,3-8H2,1-2H3,(H,14,16). The van der Waals surface area contributed by atoms with Gasteiger partial charge >= 0.3 is 0 Å². The second-order valence-corrected chi connectivity index (χ2v) is 5.02. The van der Waals surface area contributed by atoms with Gasteiger partial charge in [0.2, 0.25) is 5.91 Å². The number of piperazine rings is 1. The third-order valence-corrected chi connectivity index (χ3v) is 3.74. The second-order valence-electron chi connectivity index (χ2n) is 5.02. The number of hydrogen-bond acceptors (Lipinski definition) is 4. The van der Waals surface area contributed by atoms with Gasteiger partial charge in [0.15, 0.2) is 0 Å². The normalized spacial score (nSPS) is 33.2. The van der Waals surface area contributed by atoms with Gasteiger partial charge in [0.05, 0.1) is 19.3 Å². The number of carbonyl (C=O) groups excluding carboxylic acids is 1. The molecule has 3 unspecified atom stereocenters. The quantitative estimate of drug-likeness (QED) is 0.704. The van der Waals surface area contributed by atoms with Gasteiger partial charge in [-0.05, 0) is 20.3 Å². The van der Waals surface area contributed by atoms with Crippen molar-refractivity contribution in [3.05, 3.63) is 0 Å². The maximum atomic E-state index is 11.6. The minimum Gasteiger partial charge on any atom is -0.379 e. The maximum absolute atomic E-state index is 11.6. The molecule has 0 aliphatic carbocycles. The van der Waals surface area contributed by atoms with E-state index >= 15 is 0 Å². The van der Waals surface area contributed by atoms with Crippen molar-refractivity contribution >= 4 is 5.91 Å². The Morgan fingerprint density at radius 3 is 3.06 bits per heavy atom. The van der Waals surface area contributed by atoms with Crippen molar-refractivity contribution in [2.24, 2.45) is 0 Å². The van der Waals surface area contributed by atoms with Crippen LogP contribution in [0.4, 0.5) is 0 Å². The fraction of sp³-hybridized carbons (Fsp3) is 0.917. The molecule has 2 N–H and O–H groups in total. The molecule has 2 rings (SSSR count). The van der Waals surface area contributed by atoms with Crippen molar-refractivity contribution < 1.29 is 9.53 Å². The van der Waals surface area contributed by atoms with Crippen LogP contribution in [0.5, 0.6) is 0 Å². The van der Waals surface area contributed by atoms with Crippen molar-refractivity contribution in [3.8, 4) is 0 Å². The largest absolute Gasteiger partial charge is 0.379 e. The van der Waals surface area contributed by atoms with Crippen molar-refractivity contribution in [2.75, 3.05) is 32.8 Å². The molecule has 2 aliphatic rings. The van der Waals surface area contributed by atoms with E-state index in [4.69, 9.17) is 4.74 Å². The zero-order valence-corrected chi connectivity index (χ0v) is 10.7. The molecule has 0 bridgehead atoms. The van der Waals surface area contributed by atoms with Crippen LogP contribution in [0.3, 0.4) is 0 Å². The molecule has 2 heterocycles. The molecule has 17 heavy (non-hydrogen) atoms. The van der Waals surface area contributed by atoms with E-state index in [0.29, 0.717) is 12.1 Å². The van der Waals surface area contributed by atoms with Crippen LogP contribution >= 0.6 is 0 Å². The zero-order chi connectivity index (χ0) is 12.3. The van der Waals surface area contributed by atoms with E-state index in [9.17, 15) is 4.79 Å². The Morgan fingerprint density at radius 1 is 1.53 bits per heavy atom. The van der Waals surface area contributed by atoms with Crippen molar-refractivity contribution in [2.45, 2.75) is 38.4 Å². The molecule has 0 aromatic heterocycles. The number of carbonyl (C=O) groups is 1. The topological polar surface area (TPSA) is 53.6 Å². The molecule has 5 nitrogen and oxygen atoms in total. The summed E-state index contributed by atoms with van der Waals surface area (Å²) in [5, 5.41) is 6.36. The van der Waals surface area contributed by atoms with Gasteiger partial charge < -0.3 is 15.4 Å². The van der Waals surface area contributed by atoms with Crippen LogP contribution in [0, 0.1) is 0 Å². The molecule has 98 valence electrons. The molecule has 0 aromatic carbocycles. The van der Waals surface area contributed by atoms with Crippen molar-refractivity contribution in [1.29, 1.82) is 0 Å². The van der Waals surface area contributed by atoms with E-state index in [2.05, 4.69) is 22.5 Å². The molecule has 0 saturated carbocycles. The zero-order valence-electron chi connectivity index (χ0n) is 10.7. The molecule has 0 radical (unpaired) electrons. The average molecular weight is 241 g/mol. The minimum absolute atomic E-state index is 0.0109. The minimum atomic E-state index is -0.0109. The Kier molecular flexibility index (Phi) is 4.36. The van der Waals surface area contributed by atoms with Crippen molar-refractivity contribution in [1.82, 2.24) is 15.5 Å². The van der Waals surface area contributed by atoms with Crippen molar-refractivity contribution in [3.63, 3.8) is 0 Å². The SMILES string of the molecule is CC(CC1COCCN1)N1CCNC(=O)C1C. The van der Waals surface area contributed by atoms with Crippen LogP contribution in [0.2, 0.25) is 0 Å². The summed E-state index contributed by atoms with van der Waals surface area (Å²) in [5.74, 6) is 0.149. The molecule has 0 aromatic rings. The summed E-state index contributed by atoms with van der Waals surface area (Å²) < 4.78 is 5.46. The highest BCUT2D eigenvalue weighted by atomic mass is 16.5. The predicted octanol–water partition coefficient (Wildman–Crippen LogP) is -0.426. The smallest absolute Gasteiger partial charge is 0.237 e. The molecule has 0 spiro atoms. The summed E-state index contributed by atoms with van der Waals surface area (Å²) in [6, 6.07) is 0.828. The molecule has 1 amide bonds. The first-order chi connectivity index (χ1) is 8.18. The number of hydrogen-bond donors (Lipinski definition) is 2. The molecule has 2 saturated heterocycles. The fourth-order valence-electron chi connectivity index (χ4n) is 2.72. The van der Waals surface area contributed by atoms with Gasteiger partial charge in [-0.3, -0.25) is 9.69 Å². The van der Waals surface area contributed by atoms with Gasteiger partial charge in [0, 0.05) is 31.7 Å². The van der Waals surface area contributed by atoms with E-state index in [1.165, 1.54) is 0 Å². The van der Waals surface area contributed by atoms with Crippen LogP contribution in [0.25, 0.3) is 0 Å². The summed E-state index contributed by atoms with van der Waals surface area (Å²) in [5.41, 5.74) is 0. The van der Waals surface area contributed by atoms with Gasteiger partial charge in [0.25, 0.3) is 0 Å². The summed E-state index contributed by atoms with van der Waals surface area (Å²) in [4.78, 5) is 13.9. The number of morpholine rings is 1. The third-order valence-electron chi connectivity index (χ3n) is 3.74. The third kappa shape index (κ3) is 3.18. The van der Waals surface area contributed by atoms with Gasteiger partial charge in [-0.1, -0.05) is 0 Å². The fourth-order valence-corrected chi connectivity index (χ4v) is 2.72. The molecule has 5 heteroatoms. The lowest BCUT2D eigenvalue weighted by molar-refractivity contribution is -0.129. The lowest BCUT2D eigenvalue weighted by atomic mass is 10.0. The highest BCUT2D eigenvalue weighted by Gasteiger charge is 2.30. The maximum Gasteiger partial charge on any atom is 0.237 e. The average Bonchev–Trinajstić information content (AvgIpc) is 2.34.